The number of nitrogens with one attached hydrogen (secondary N) is 1. The van der Waals surface area contributed by atoms with Gasteiger partial charge in [0.25, 0.3) is 0 Å². The van der Waals surface area contributed by atoms with Crippen molar-refractivity contribution in [2.24, 2.45) is 0 Å². The second-order valence-corrected chi connectivity index (χ2v) is 6.00. The van der Waals surface area contributed by atoms with E-state index in [0.717, 1.165) is 5.01 Å². The number of rotatable bonds is 5. The summed E-state index contributed by atoms with van der Waals surface area (Å²) in [5.74, 6) is 0. The molecular weight excluding hydrogens is 244 g/mol. The van der Waals surface area contributed by atoms with E-state index >= 15 is 0 Å². The largest absolute Gasteiger partial charge is 0.394 e. The molecule has 1 aromatic carbocycles. The zero-order valence-corrected chi connectivity index (χ0v) is 11.5. The van der Waals surface area contributed by atoms with E-state index in [1.54, 1.807) is 11.3 Å². The van der Waals surface area contributed by atoms with Gasteiger partial charge in [-0.25, -0.2) is 4.98 Å². The van der Waals surface area contributed by atoms with Crippen LogP contribution in [0.15, 0.2) is 36.5 Å². The molecule has 0 saturated heterocycles. The third-order valence-corrected chi connectivity index (χ3v) is 3.77. The molecule has 0 amide bonds. The first-order valence-electron chi connectivity index (χ1n) is 5.97. The van der Waals surface area contributed by atoms with Crippen molar-refractivity contribution in [3.05, 3.63) is 41.5 Å². The van der Waals surface area contributed by atoms with Crippen LogP contribution in [-0.2, 0) is 6.54 Å². The van der Waals surface area contributed by atoms with Crippen LogP contribution in [0.25, 0.3) is 10.4 Å². The number of aromatic nitrogens is 1. The van der Waals surface area contributed by atoms with Crippen molar-refractivity contribution in [1.29, 1.82) is 0 Å². The van der Waals surface area contributed by atoms with Crippen LogP contribution in [0.2, 0.25) is 0 Å². The smallest absolute Gasteiger partial charge is 0.107 e. The van der Waals surface area contributed by atoms with Gasteiger partial charge in [0.15, 0.2) is 0 Å². The zero-order chi connectivity index (χ0) is 13.0. The van der Waals surface area contributed by atoms with Gasteiger partial charge in [-0.1, -0.05) is 30.3 Å². The number of benzene rings is 1. The van der Waals surface area contributed by atoms with E-state index in [1.165, 1.54) is 10.4 Å². The fraction of sp³-hybridized carbons (Fsp3) is 0.357. The van der Waals surface area contributed by atoms with Crippen molar-refractivity contribution in [3.63, 3.8) is 0 Å². The first kappa shape index (κ1) is 13.2. The van der Waals surface area contributed by atoms with Crippen LogP contribution in [0.3, 0.4) is 0 Å². The summed E-state index contributed by atoms with van der Waals surface area (Å²) in [4.78, 5) is 5.58. The molecule has 0 radical (unpaired) electrons. The number of thiazole rings is 1. The summed E-state index contributed by atoms with van der Waals surface area (Å²) in [6, 6.07) is 10.2. The summed E-state index contributed by atoms with van der Waals surface area (Å²) in [7, 11) is 0. The second-order valence-electron chi connectivity index (χ2n) is 4.88. The van der Waals surface area contributed by atoms with Gasteiger partial charge in [0.2, 0.25) is 0 Å². The molecule has 0 aliphatic rings. The summed E-state index contributed by atoms with van der Waals surface area (Å²) in [5.41, 5.74) is 0.932. The Labute approximate surface area is 112 Å². The highest BCUT2D eigenvalue weighted by Crippen LogP contribution is 2.25. The minimum atomic E-state index is -0.265. The van der Waals surface area contributed by atoms with Crippen LogP contribution in [0.1, 0.15) is 18.9 Å². The van der Waals surface area contributed by atoms with Gasteiger partial charge in [0, 0.05) is 18.3 Å². The minimum absolute atomic E-state index is 0.115. The Morgan fingerprint density at radius 3 is 2.67 bits per heavy atom. The molecule has 3 nitrogen and oxygen atoms in total. The van der Waals surface area contributed by atoms with Crippen molar-refractivity contribution in [2.45, 2.75) is 25.9 Å². The molecule has 2 aromatic rings. The molecule has 2 N–H and O–H groups in total. The van der Waals surface area contributed by atoms with Gasteiger partial charge in [-0.3, -0.25) is 0 Å². The van der Waals surface area contributed by atoms with Crippen molar-refractivity contribution < 1.29 is 5.11 Å². The molecule has 96 valence electrons. The highest BCUT2D eigenvalue weighted by atomic mass is 32.1. The number of aliphatic hydroxyl groups excluding tert-OH is 1. The normalized spacial score (nSPS) is 11.7. The monoisotopic (exact) mass is 262 g/mol. The van der Waals surface area contributed by atoms with Crippen molar-refractivity contribution in [1.82, 2.24) is 10.3 Å². The zero-order valence-electron chi connectivity index (χ0n) is 10.7. The van der Waals surface area contributed by atoms with Crippen molar-refractivity contribution >= 4 is 11.3 Å². The standard InChI is InChI=1S/C14H18N2OS/c1-14(2,10-17)16-9-13-15-8-12(18-13)11-6-4-3-5-7-11/h3-8,16-17H,9-10H2,1-2H3. The van der Waals surface area contributed by atoms with Gasteiger partial charge in [-0.05, 0) is 19.4 Å². The Balaban J connectivity index is 2.03. The van der Waals surface area contributed by atoms with Crippen molar-refractivity contribution in [2.75, 3.05) is 6.61 Å². The van der Waals surface area contributed by atoms with E-state index in [9.17, 15) is 5.11 Å². The Hall–Kier alpha value is -1.23. The fourth-order valence-electron chi connectivity index (χ4n) is 1.50. The summed E-state index contributed by atoms with van der Waals surface area (Å²) < 4.78 is 0. The van der Waals surface area contributed by atoms with Crippen LogP contribution in [0.5, 0.6) is 0 Å². The molecule has 0 atom stereocenters. The molecule has 18 heavy (non-hydrogen) atoms. The van der Waals surface area contributed by atoms with Gasteiger partial charge >= 0.3 is 0 Å². The van der Waals surface area contributed by atoms with Gasteiger partial charge in [-0.2, -0.15) is 0 Å². The maximum Gasteiger partial charge on any atom is 0.107 e. The SMILES string of the molecule is CC(C)(CO)NCc1ncc(-c2ccccc2)s1. The molecule has 4 heteroatoms. The first-order chi connectivity index (χ1) is 8.61. The Bertz CT molecular complexity index is 494. The van der Waals surface area contributed by atoms with E-state index in [2.05, 4.69) is 22.4 Å². The second kappa shape index (κ2) is 5.61. The van der Waals surface area contributed by atoms with Crippen molar-refractivity contribution in [3.8, 4) is 10.4 Å². The number of hydrogen-bond donors (Lipinski definition) is 2. The first-order valence-corrected chi connectivity index (χ1v) is 6.78. The van der Waals surface area contributed by atoms with Crippen LogP contribution < -0.4 is 5.32 Å². The predicted molar refractivity (Wildman–Crippen MR) is 75.6 cm³/mol. The molecule has 0 unspecified atom stereocenters. The number of aliphatic hydroxyl groups is 1. The molecule has 0 aliphatic carbocycles. The Kier molecular flexibility index (Phi) is 4.11. The molecule has 0 spiro atoms. The average Bonchev–Trinajstić information content (AvgIpc) is 2.86. The van der Waals surface area contributed by atoms with Gasteiger partial charge in [-0.15, -0.1) is 11.3 Å². The highest BCUT2D eigenvalue weighted by molar-refractivity contribution is 7.15. The van der Waals surface area contributed by atoms with Crippen LogP contribution in [0.4, 0.5) is 0 Å². The van der Waals surface area contributed by atoms with Crippen LogP contribution in [0, 0.1) is 0 Å². The highest BCUT2D eigenvalue weighted by Gasteiger charge is 2.15. The topological polar surface area (TPSA) is 45.1 Å². The lowest BCUT2D eigenvalue weighted by Crippen LogP contribution is -2.42. The summed E-state index contributed by atoms with van der Waals surface area (Å²) in [5, 5.41) is 13.5. The van der Waals surface area contributed by atoms with Gasteiger partial charge < -0.3 is 10.4 Å². The maximum atomic E-state index is 9.18. The summed E-state index contributed by atoms with van der Waals surface area (Å²) >= 11 is 1.68. The van der Waals surface area contributed by atoms with E-state index < -0.39 is 0 Å². The Morgan fingerprint density at radius 1 is 1.28 bits per heavy atom. The molecule has 0 bridgehead atoms. The maximum absolute atomic E-state index is 9.18. The minimum Gasteiger partial charge on any atom is -0.394 e. The average molecular weight is 262 g/mol. The molecule has 0 fully saturated rings. The predicted octanol–water partition coefficient (Wildman–Crippen LogP) is 2.67. The third-order valence-electron chi connectivity index (χ3n) is 2.73. The molecule has 1 aromatic heterocycles. The molecular formula is C14H18N2OS. The molecule has 0 aliphatic heterocycles. The number of nitrogens with zero attached hydrogens (tertiary/aromatic N) is 1. The summed E-state index contributed by atoms with van der Waals surface area (Å²) in [6.45, 7) is 4.74. The molecule has 1 heterocycles. The van der Waals surface area contributed by atoms with Crippen LogP contribution in [-0.4, -0.2) is 22.2 Å². The lowest BCUT2D eigenvalue weighted by atomic mass is 10.1. The number of hydrogen-bond acceptors (Lipinski definition) is 4. The Morgan fingerprint density at radius 2 is 2.00 bits per heavy atom. The van der Waals surface area contributed by atoms with E-state index in [4.69, 9.17) is 0 Å². The molecule has 2 rings (SSSR count). The summed E-state index contributed by atoms with van der Waals surface area (Å²) in [6.07, 6.45) is 1.91. The fourth-order valence-corrected chi connectivity index (χ4v) is 2.36. The third kappa shape index (κ3) is 3.38. The van der Waals surface area contributed by atoms with Gasteiger partial charge in [0.05, 0.1) is 11.5 Å². The van der Waals surface area contributed by atoms with Crippen LogP contribution >= 0.6 is 11.3 Å². The lowest BCUT2D eigenvalue weighted by Gasteiger charge is -2.22. The molecule has 0 saturated carbocycles. The quantitative estimate of drug-likeness (QED) is 0.871. The lowest BCUT2D eigenvalue weighted by molar-refractivity contribution is 0.187. The van der Waals surface area contributed by atoms with E-state index in [1.807, 2.05) is 38.2 Å². The van der Waals surface area contributed by atoms with E-state index in [0.29, 0.717) is 6.54 Å². The van der Waals surface area contributed by atoms with Gasteiger partial charge in [0.1, 0.15) is 5.01 Å². The van der Waals surface area contributed by atoms with E-state index in [-0.39, 0.29) is 12.1 Å².